The Hall–Kier alpha value is -6.96. The molecule has 280 valence electrons. The normalized spacial score (nSPS) is 11.1. The molecule has 0 amide bonds. The lowest BCUT2D eigenvalue weighted by atomic mass is 10.0. The van der Waals surface area contributed by atoms with E-state index in [1.807, 2.05) is 110 Å². The van der Waals surface area contributed by atoms with Crippen molar-refractivity contribution in [3.8, 4) is 79.3 Å². The second-order valence-corrected chi connectivity index (χ2v) is 14.6. The lowest BCUT2D eigenvalue weighted by molar-refractivity contribution is -0.385. The highest BCUT2D eigenvalue weighted by molar-refractivity contribution is 7.98. The zero-order valence-corrected chi connectivity index (χ0v) is 32.1. The number of nitrogens with zero attached hydrogens (tertiary/aromatic N) is 4. The van der Waals surface area contributed by atoms with Gasteiger partial charge in [0.05, 0.1) is 32.6 Å². The zero-order valence-electron chi connectivity index (χ0n) is 30.5. The van der Waals surface area contributed by atoms with E-state index in [0.29, 0.717) is 34.5 Å². The van der Waals surface area contributed by atoms with E-state index in [0.717, 1.165) is 54.6 Å². The van der Waals surface area contributed by atoms with Gasteiger partial charge < -0.3 is 14.7 Å². The van der Waals surface area contributed by atoms with Crippen LogP contribution in [0.4, 0.5) is 11.4 Å². The fourth-order valence-corrected chi connectivity index (χ4v) is 7.17. The van der Waals surface area contributed by atoms with Gasteiger partial charge in [0.1, 0.15) is 23.1 Å². The van der Waals surface area contributed by atoms with E-state index < -0.39 is 9.85 Å². The first kappa shape index (κ1) is 37.0. The Morgan fingerprint density at radius 3 is 1.12 bits per heavy atom. The van der Waals surface area contributed by atoms with Crippen molar-refractivity contribution in [2.24, 2.45) is 0 Å². The number of imidazole rings is 2. The van der Waals surface area contributed by atoms with Gasteiger partial charge in [-0.2, -0.15) is 0 Å². The van der Waals surface area contributed by atoms with Crippen LogP contribution in [0.2, 0.25) is 0 Å². The third-order valence-electron chi connectivity index (χ3n) is 9.36. The molecule has 0 atom stereocenters. The highest BCUT2D eigenvalue weighted by Crippen LogP contribution is 2.38. The smallest absolute Gasteiger partial charge is 0.269 e. The second-order valence-electron chi connectivity index (χ2n) is 12.8. The summed E-state index contributed by atoms with van der Waals surface area (Å²) in [5.74, 6) is 2.61. The summed E-state index contributed by atoms with van der Waals surface area (Å²) >= 11 is 3.32. The minimum atomic E-state index is -0.417. The maximum absolute atomic E-state index is 11.3. The van der Waals surface area contributed by atoms with Crippen LogP contribution < -0.4 is 4.74 Å². The minimum Gasteiger partial charge on any atom is -0.457 e. The van der Waals surface area contributed by atoms with Gasteiger partial charge in [-0.15, -0.1) is 23.5 Å². The number of H-pyrrole nitrogens is 2. The molecule has 57 heavy (non-hydrogen) atoms. The van der Waals surface area contributed by atoms with Crippen LogP contribution in [0.3, 0.4) is 0 Å². The van der Waals surface area contributed by atoms with Gasteiger partial charge in [0.2, 0.25) is 0 Å². The standard InChI is InChI=1S/C44H32N6O5S2/c1-56-37-23-11-31(12-24-37)43-45-39(27-3-15-33(16-4-27)49(51)52)41(47-43)29-7-19-35(20-8-29)55-36-21-9-30(10-22-36)42-40(28-5-17-34(18-6-28)50(53)54)46-44(48-42)32-13-25-38(57-2)26-14-32/h3-26H,1-2H3,(H,45,47)(H,46,48). The third-order valence-corrected chi connectivity index (χ3v) is 10.8. The molecule has 2 heterocycles. The molecule has 8 rings (SSSR count). The average Bonchev–Trinajstić information content (AvgIpc) is 3.91. The summed E-state index contributed by atoms with van der Waals surface area (Å²) in [7, 11) is 0. The Bertz CT molecular complexity index is 2510. The van der Waals surface area contributed by atoms with Crippen molar-refractivity contribution in [2.75, 3.05) is 12.5 Å². The van der Waals surface area contributed by atoms with Crippen LogP contribution in [0.25, 0.3) is 67.8 Å². The van der Waals surface area contributed by atoms with Crippen molar-refractivity contribution in [1.29, 1.82) is 0 Å². The largest absolute Gasteiger partial charge is 0.457 e. The van der Waals surface area contributed by atoms with Gasteiger partial charge >= 0.3 is 0 Å². The topological polar surface area (TPSA) is 153 Å². The van der Waals surface area contributed by atoms with Crippen molar-refractivity contribution in [2.45, 2.75) is 9.79 Å². The van der Waals surface area contributed by atoms with E-state index in [2.05, 4.69) is 9.97 Å². The number of hydrogen-bond acceptors (Lipinski definition) is 9. The summed E-state index contributed by atoms with van der Waals surface area (Å²) in [5, 5.41) is 22.7. The summed E-state index contributed by atoms with van der Waals surface area (Å²) in [4.78, 5) is 41.0. The predicted octanol–water partition coefficient (Wildman–Crippen LogP) is 12.2. The van der Waals surface area contributed by atoms with Crippen molar-refractivity contribution >= 4 is 34.9 Å². The number of ether oxygens (including phenoxy) is 1. The number of thioether (sulfide) groups is 2. The number of nitro groups is 2. The van der Waals surface area contributed by atoms with Gasteiger partial charge in [-0.25, -0.2) is 9.97 Å². The quantitative estimate of drug-likeness (QED) is 0.0699. The molecule has 2 N–H and O–H groups in total. The van der Waals surface area contributed by atoms with Crippen LogP contribution >= 0.6 is 23.5 Å². The molecule has 6 aromatic carbocycles. The molecule has 0 unspecified atom stereocenters. The first-order chi connectivity index (χ1) is 27.8. The molecule has 0 radical (unpaired) electrons. The molecule has 11 nitrogen and oxygen atoms in total. The Morgan fingerprint density at radius 1 is 0.456 bits per heavy atom. The van der Waals surface area contributed by atoms with Crippen molar-refractivity contribution in [3.05, 3.63) is 166 Å². The van der Waals surface area contributed by atoms with Crippen LogP contribution in [0.5, 0.6) is 11.5 Å². The highest BCUT2D eigenvalue weighted by atomic mass is 32.2. The average molecular weight is 789 g/mol. The van der Waals surface area contributed by atoms with Crippen LogP contribution in [0.15, 0.2) is 155 Å². The third kappa shape index (κ3) is 7.92. The lowest BCUT2D eigenvalue weighted by Crippen LogP contribution is -1.89. The van der Waals surface area contributed by atoms with E-state index in [9.17, 15) is 20.2 Å². The fourth-order valence-electron chi connectivity index (χ4n) is 6.35. The number of benzene rings is 6. The second kappa shape index (κ2) is 16.0. The van der Waals surface area contributed by atoms with Gasteiger partial charge in [0, 0.05) is 67.4 Å². The summed E-state index contributed by atoms with van der Waals surface area (Å²) in [6.07, 6.45) is 4.06. The van der Waals surface area contributed by atoms with Crippen LogP contribution in [-0.2, 0) is 0 Å². The first-order valence-electron chi connectivity index (χ1n) is 17.6. The summed E-state index contributed by atoms with van der Waals surface area (Å²) in [5.41, 5.74) is 7.95. The Morgan fingerprint density at radius 2 is 0.772 bits per heavy atom. The Labute approximate surface area is 335 Å². The molecule has 2 aromatic heterocycles. The number of nitrogens with one attached hydrogen (secondary N) is 2. The molecule has 0 fully saturated rings. The van der Waals surface area contributed by atoms with Gasteiger partial charge in [0.15, 0.2) is 0 Å². The zero-order chi connectivity index (χ0) is 39.5. The Kier molecular flexibility index (Phi) is 10.4. The SMILES string of the molecule is CSc1ccc(-c2nc(-c3ccc([N+](=O)[O-])cc3)c(-c3ccc(Oc4ccc(-c5nc(-c6ccc(SC)cc6)[nH]c5-c5ccc([N+](=O)[O-])cc5)cc4)cc3)[nH]2)cc1. The van der Waals surface area contributed by atoms with Crippen molar-refractivity contribution in [1.82, 2.24) is 19.9 Å². The van der Waals surface area contributed by atoms with E-state index in [4.69, 9.17) is 14.7 Å². The predicted molar refractivity (Wildman–Crippen MR) is 227 cm³/mol. The molecule has 0 aliphatic heterocycles. The van der Waals surface area contributed by atoms with E-state index in [-0.39, 0.29) is 11.4 Å². The molecule has 0 spiro atoms. The summed E-state index contributed by atoms with van der Waals surface area (Å²) < 4.78 is 6.27. The molecule has 0 aliphatic carbocycles. The molecule has 0 saturated carbocycles. The monoisotopic (exact) mass is 788 g/mol. The number of aromatic amines is 2. The molecule has 0 saturated heterocycles. The molecular weight excluding hydrogens is 757 g/mol. The maximum atomic E-state index is 11.3. The van der Waals surface area contributed by atoms with E-state index >= 15 is 0 Å². The van der Waals surface area contributed by atoms with E-state index in [1.54, 1.807) is 47.8 Å². The Balaban J connectivity index is 1.07. The number of nitro benzene ring substituents is 2. The fraction of sp³-hybridized carbons (Fsp3) is 0.0455. The van der Waals surface area contributed by atoms with Crippen molar-refractivity contribution in [3.63, 3.8) is 0 Å². The van der Waals surface area contributed by atoms with Crippen LogP contribution in [0.1, 0.15) is 0 Å². The van der Waals surface area contributed by atoms with Crippen molar-refractivity contribution < 1.29 is 14.6 Å². The minimum absolute atomic E-state index is 0.00857. The summed E-state index contributed by atoms with van der Waals surface area (Å²) in [6, 6.07) is 44.3. The molecular formula is C44H32N6O5S2. The van der Waals surface area contributed by atoms with Gasteiger partial charge in [-0.05, 0) is 110 Å². The lowest BCUT2D eigenvalue weighted by Gasteiger charge is -2.09. The van der Waals surface area contributed by atoms with E-state index in [1.165, 1.54) is 24.3 Å². The van der Waals surface area contributed by atoms with Gasteiger partial charge in [0.25, 0.3) is 11.4 Å². The van der Waals surface area contributed by atoms with Gasteiger partial charge in [-0.3, -0.25) is 20.2 Å². The maximum Gasteiger partial charge on any atom is 0.269 e. The molecule has 0 aliphatic rings. The number of hydrogen-bond donors (Lipinski definition) is 2. The number of aromatic nitrogens is 4. The summed E-state index contributed by atoms with van der Waals surface area (Å²) in [6.45, 7) is 0. The van der Waals surface area contributed by atoms with Crippen LogP contribution in [-0.4, -0.2) is 42.3 Å². The molecule has 13 heteroatoms. The number of non-ortho nitro benzene ring substituents is 2. The first-order valence-corrected chi connectivity index (χ1v) is 20.1. The molecule has 0 bridgehead atoms. The van der Waals surface area contributed by atoms with Crippen LogP contribution in [0, 0.1) is 20.2 Å². The van der Waals surface area contributed by atoms with Gasteiger partial charge in [-0.1, -0.05) is 24.3 Å². The molecule has 8 aromatic rings. The highest BCUT2D eigenvalue weighted by Gasteiger charge is 2.19. The number of rotatable bonds is 12.